The van der Waals surface area contributed by atoms with E-state index >= 15 is 0 Å². The Morgan fingerprint density at radius 2 is 1.90 bits per heavy atom. The van der Waals surface area contributed by atoms with Crippen molar-refractivity contribution in [2.75, 3.05) is 19.8 Å². The van der Waals surface area contributed by atoms with E-state index < -0.39 is 0 Å². The van der Waals surface area contributed by atoms with Crippen LogP contribution in [0.4, 0.5) is 5.95 Å². The minimum Gasteiger partial charge on any atom is -0.487 e. The number of carbonyl (C=O) groups excluding carboxylic acids is 1. The van der Waals surface area contributed by atoms with Gasteiger partial charge in [-0.1, -0.05) is 18.2 Å². The quantitative estimate of drug-likeness (QED) is 0.924. The first-order chi connectivity index (χ1) is 9.99. The maximum atomic E-state index is 12.3. The summed E-state index contributed by atoms with van der Waals surface area (Å²) in [5.41, 5.74) is 7.14. The van der Waals surface area contributed by atoms with Gasteiger partial charge in [0.05, 0.1) is 17.0 Å². The number of nitrogens with two attached hydrogens (primary N) is 1. The fourth-order valence-corrected chi connectivity index (χ4v) is 1.93. The molecule has 1 heterocycles. The molecule has 0 saturated heterocycles. The average molecular weight is 286 g/mol. The van der Waals surface area contributed by atoms with Crippen LogP contribution in [0.5, 0.6) is 5.75 Å². The third-order valence-corrected chi connectivity index (χ3v) is 2.92. The molecule has 0 aliphatic heterocycles. The predicted octanol–water partition coefficient (Wildman–Crippen LogP) is 1.65. The molecule has 0 saturated carbocycles. The Kier molecular flexibility index (Phi) is 4.37. The molecule has 21 heavy (non-hydrogen) atoms. The van der Waals surface area contributed by atoms with Crippen molar-refractivity contribution < 1.29 is 9.53 Å². The third-order valence-electron chi connectivity index (χ3n) is 2.92. The number of carbonyl (C=O) groups is 1. The van der Waals surface area contributed by atoms with Crippen molar-refractivity contribution in [2.24, 2.45) is 0 Å². The lowest BCUT2D eigenvalue weighted by Gasteiger charge is -2.16. The zero-order valence-electron chi connectivity index (χ0n) is 12.3. The van der Waals surface area contributed by atoms with Gasteiger partial charge in [-0.2, -0.15) is 0 Å². The molecule has 110 valence electrons. The van der Waals surface area contributed by atoms with Crippen molar-refractivity contribution in [1.82, 2.24) is 14.9 Å². The maximum Gasteiger partial charge on any atom is 0.257 e. The van der Waals surface area contributed by atoms with E-state index in [1.807, 2.05) is 30.3 Å². The summed E-state index contributed by atoms with van der Waals surface area (Å²) in [5, 5.41) is 0. The van der Waals surface area contributed by atoms with Crippen LogP contribution >= 0.6 is 0 Å². The Morgan fingerprint density at radius 3 is 2.52 bits per heavy atom. The summed E-state index contributed by atoms with van der Waals surface area (Å²) in [6.07, 6.45) is 0. The van der Waals surface area contributed by atoms with Gasteiger partial charge in [-0.25, -0.2) is 9.97 Å². The number of anilines is 1. The Labute approximate surface area is 123 Å². The van der Waals surface area contributed by atoms with E-state index in [0.717, 1.165) is 0 Å². The number of benzene rings is 1. The summed E-state index contributed by atoms with van der Waals surface area (Å²) in [6, 6.07) is 9.33. The number of nitrogen functional groups attached to an aromatic ring is 1. The highest BCUT2D eigenvalue weighted by molar-refractivity contribution is 5.96. The molecule has 0 aliphatic rings. The number of amides is 1. The molecule has 0 radical (unpaired) electrons. The van der Waals surface area contributed by atoms with Gasteiger partial charge in [0.2, 0.25) is 5.95 Å². The summed E-state index contributed by atoms with van der Waals surface area (Å²) in [5.74, 6) is 0.671. The van der Waals surface area contributed by atoms with Gasteiger partial charge in [0.25, 0.3) is 5.91 Å². The molecule has 0 spiro atoms. The fourth-order valence-electron chi connectivity index (χ4n) is 1.93. The Balaban J connectivity index is 2.31. The van der Waals surface area contributed by atoms with Crippen molar-refractivity contribution >= 4 is 11.9 Å². The van der Waals surface area contributed by atoms with Gasteiger partial charge in [-0.15, -0.1) is 0 Å². The summed E-state index contributed by atoms with van der Waals surface area (Å²) in [4.78, 5) is 21.9. The highest BCUT2D eigenvalue weighted by atomic mass is 16.5. The number of hydrogen-bond donors (Lipinski definition) is 1. The van der Waals surface area contributed by atoms with Crippen LogP contribution in [0.15, 0.2) is 30.3 Å². The normalized spacial score (nSPS) is 10.2. The lowest BCUT2D eigenvalue weighted by Crippen LogP contribution is -2.26. The number of rotatable bonds is 4. The first kappa shape index (κ1) is 14.8. The molecule has 6 nitrogen and oxygen atoms in total. The van der Waals surface area contributed by atoms with Crippen LogP contribution in [0.25, 0.3) is 0 Å². The minimum atomic E-state index is -0.167. The van der Waals surface area contributed by atoms with Crippen LogP contribution in [-0.2, 0) is 6.61 Å². The summed E-state index contributed by atoms with van der Waals surface area (Å²) < 4.78 is 5.66. The van der Waals surface area contributed by atoms with E-state index in [-0.39, 0.29) is 18.5 Å². The van der Waals surface area contributed by atoms with Gasteiger partial charge in [-0.3, -0.25) is 4.79 Å². The van der Waals surface area contributed by atoms with Gasteiger partial charge >= 0.3 is 0 Å². The van der Waals surface area contributed by atoms with Crippen molar-refractivity contribution in [3.05, 3.63) is 47.3 Å². The first-order valence-corrected chi connectivity index (χ1v) is 6.51. The fraction of sp³-hybridized carbons (Fsp3) is 0.267. The molecule has 0 fully saturated rings. The van der Waals surface area contributed by atoms with E-state index in [2.05, 4.69) is 9.97 Å². The number of hydrogen-bond acceptors (Lipinski definition) is 5. The second kappa shape index (κ2) is 6.21. The Morgan fingerprint density at radius 1 is 1.24 bits per heavy atom. The summed E-state index contributed by atoms with van der Waals surface area (Å²) >= 11 is 0. The second-order valence-corrected chi connectivity index (χ2v) is 4.79. The molecule has 0 aliphatic carbocycles. The zero-order chi connectivity index (χ0) is 15.4. The zero-order valence-corrected chi connectivity index (χ0v) is 12.3. The van der Waals surface area contributed by atoms with Crippen LogP contribution in [0.1, 0.15) is 21.7 Å². The smallest absolute Gasteiger partial charge is 0.257 e. The van der Waals surface area contributed by atoms with Crippen molar-refractivity contribution in [3.63, 3.8) is 0 Å². The van der Waals surface area contributed by atoms with E-state index in [1.165, 1.54) is 4.90 Å². The minimum absolute atomic E-state index is 0.134. The summed E-state index contributed by atoms with van der Waals surface area (Å²) in [7, 11) is 3.36. The van der Waals surface area contributed by atoms with Crippen LogP contribution in [-0.4, -0.2) is 34.9 Å². The lowest BCUT2D eigenvalue weighted by molar-refractivity contribution is 0.0823. The van der Waals surface area contributed by atoms with E-state index in [9.17, 15) is 4.79 Å². The largest absolute Gasteiger partial charge is 0.487 e. The van der Waals surface area contributed by atoms with Crippen LogP contribution in [0.2, 0.25) is 0 Å². The van der Waals surface area contributed by atoms with Gasteiger partial charge in [0.1, 0.15) is 12.4 Å². The molecule has 1 aromatic heterocycles. The highest BCUT2D eigenvalue weighted by Gasteiger charge is 2.20. The van der Waals surface area contributed by atoms with Gasteiger partial charge < -0.3 is 15.4 Å². The molecule has 2 aromatic rings. The van der Waals surface area contributed by atoms with Crippen LogP contribution in [0.3, 0.4) is 0 Å². The Hall–Kier alpha value is -2.63. The number of nitrogens with zero attached hydrogens (tertiary/aromatic N) is 3. The SMILES string of the molecule is Cc1nc(N)nc(COc2ccccc2)c1C(=O)N(C)C. The highest BCUT2D eigenvalue weighted by Crippen LogP contribution is 2.17. The summed E-state index contributed by atoms with van der Waals surface area (Å²) in [6.45, 7) is 1.90. The number of aromatic nitrogens is 2. The number of para-hydroxylation sites is 1. The number of ether oxygens (including phenoxy) is 1. The maximum absolute atomic E-state index is 12.3. The third kappa shape index (κ3) is 3.47. The molecular weight excluding hydrogens is 268 g/mol. The molecule has 0 unspecified atom stereocenters. The van der Waals surface area contributed by atoms with Crippen molar-refractivity contribution in [1.29, 1.82) is 0 Å². The van der Waals surface area contributed by atoms with Crippen LogP contribution in [0, 0.1) is 6.92 Å². The molecule has 1 amide bonds. The van der Waals surface area contributed by atoms with E-state index in [4.69, 9.17) is 10.5 Å². The first-order valence-electron chi connectivity index (χ1n) is 6.51. The molecule has 0 atom stereocenters. The standard InChI is InChI=1S/C15H18N4O2/c1-10-13(14(20)19(2)3)12(18-15(16)17-10)9-21-11-7-5-4-6-8-11/h4-8H,9H2,1-3H3,(H2,16,17,18). The van der Waals surface area contributed by atoms with Crippen molar-refractivity contribution in [2.45, 2.75) is 13.5 Å². The van der Waals surface area contributed by atoms with Gasteiger partial charge in [-0.05, 0) is 19.1 Å². The lowest BCUT2D eigenvalue weighted by atomic mass is 10.1. The van der Waals surface area contributed by atoms with Gasteiger partial charge in [0.15, 0.2) is 0 Å². The molecule has 2 N–H and O–H groups in total. The van der Waals surface area contributed by atoms with E-state index in [1.54, 1.807) is 21.0 Å². The van der Waals surface area contributed by atoms with E-state index in [0.29, 0.717) is 22.7 Å². The molecule has 0 bridgehead atoms. The molecule has 1 aromatic carbocycles. The molecule has 6 heteroatoms. The molecular formula is C15H18N4O2. The monoisotopic (exact) mass is 286 g/mol. The van der Waals surface area contributed by atoms with Crippen LogP contribution < -0.4 is 10.5 Å². The molecule has 2 rings (SSSR count). The topological polar surface area (TPSA) is 81.3 Å². The average Bonchev–Trinajstić information content (AvgIpc) is 2.45. The second-order valence-electron chi connectivity index (χ2n) is 4.79. The predicted molar refractivity (Wildman–Crippen MR) is 80.0 cm³/mol. The van der Waals surface area contributed by atoms with Gasteiger partial charge in [0, 0.05) is 14.1 Å². The number of aryl methyl sites for hydroxylation is 1. The van der Waals surface area contributed by atoms with Crippen molar-refractivity contribution in [3.8, 4) is 5.75 Å². The Bertz CT molecular complexity index is 642.